The number of nitrogens with zero attached hydrogens (tertiary/aromatic N) is 2. The molecule has 192 valence electrons. The van der Waals surface area contributed by atoms with Crippen LogP contribution in [0.5, 0.6) is 0 Å². The van der Waals surface area contributed by atoms with Gasteiger partial charge in [-0.2, -0.15) is 0 Å². The first-order valence-electron chi connectivity index (χ1n) is 13.9. The molecule has 3 aromatic carbocycles. The molecule has 38 heavy (non-hydrogen) atoms. The third-order valence-electron chi connectivity index (χ3n) is 9.15. The number of carbonyl (C=O) groups excluding carboxylic acids is 1. The van der Waals surface area contributed by atoms with Crippen molar-refractivity contribution in [3.8, 4) is 11.3 Å². The number of fused-ring (bicyclic) bond motifs is 2. The number of carbonyl (C=O) groups is 1. The predicted octanol–water partition coefficient (Wildman–Crippen LogP) is 7.91. The lowest BCUT2D eigenvalue weighted by atomic mass is 9.92. The fourth-order valence-electron chi connectivity index (χ4n) is 6.62. The first kappa shape index (κ1) is 23.5. The summed E-state index contributed by atoms with van der Waals surface area (Å²) >= 11 is 0. The minimum atomic E-state index is -0.187. The molecule has 0 saturated heterocycles. The van der Waals surface area contributed by atoms with Crippen molar-refractivity contribution in [1.82, 2.24) is 9.47 Å². The molecule has 1 aliphatic heterocycles. The monoisotopic (exact) mass is 504 g/mol. The van der Waals surface area contributed by atoms with Crippen molar-refractivity contribution < 1.29 is 9.18 Å². The lowest BCUT2D eigenvalue weighted by Gasteiger charge is -2.35. The van der Waals surface area contributed by atoms with E-state index in [1.54, 1.807) is 6.07 Å². The van der Waals surface area contributed by atoms with Crippen LogP contribution in [-0.2, 0) is 13.5 Å². The Labute approximate surface area is 223 Å². The van der Waals surface area contributed by atoms with Gasteiger partial charge < -0.3 is 9.47 Å². The number of hydrogen-bond donors (Lipinski definition) is 0. The molecule has 7 rings (SSSR count). The maximum absolute atomic E-state index is 15.4. The molecule has 0 bridgehead atoms. The number of aryl methyl sites for hydroxylation is 1. The molecule has 3 atom stereocenters. The van der Waals surface area contributed by atoms with Crippen molar-refractivity contribution in [1.29, 1.82) is 0 Å². The summed E-state index contributed by atoms with van der Waals surface area (Å²) in [6.07, 6.45) is 6.18. The zero-order valence-corrected chi connectivity index (χ0v) is 22.1. The molecular weight excluding hydrogens is 471 g/mol. The number of benzene rings is 3. The highest BCUT2D eigenvalue weighted by atomic mass is 19.1. The normalized spacial score (nSPS) is 22.4. The van der Waals surface area contributed by atoms with Crippen LogP contribution >= 0.6 is 0 Å². The van der Waals surface area contributed by atoms with E-state index >= 15 is 4.39 Å². The minimum Gasteiger partial charge on any atom is -0.344 e. The van der Waals surface area contributed by atoms with Gasteiger partial charge in [0.15, 0.2) is 0 Å². The van der Waals surface area contributed by atoms with Gasteiger partial charge in [-0.15, -0.1) is 6.58 Å². The molecular formula is C34H33FN2O. The van der Waals surface area contributed by atoms with Crippen LogP contribution in [0.15, 0.2) is 73.3 Å². The van der Waals surface area contributed by atoms with Crippen LogP contribution in [0.3, 0.4) is 0 Å². The van der Waals surface area contributed by atoms with Crippen molar-refractivity contribution >= 4 is 16.8 Å². The molecule has 1 aromatic heterocycles. The molecule has 0 radical (unpaired) electrons. The Balaban J connectivity index is 1.28. The fourth-order valence-corrected chi connectivity index (χ4v) is 6.62. The summed E-state index contributed by atoms with van der Waals surface area (Å²) in [6, 6.07) is 20.4. The SMILES string of the molecule is C=CC1C[C@@H]1c1ccc(-c2cc3c(C4CC4)cc(C(=O)N4CCc5ccccc5[C@H]4C)cc3n2C)c(F)c1. The van der Waals surface area contributed by atoms with E-state index in [-0.39, 0.29) is 17.8 Å². The molecule has 2 heterocycles. The molecule has 1 unspecified atom stereocenters. The van der Waals surface area contributed by atoms with Gasteiger partial charge in [-0.25, -0.2) is 4.39 Å². The molecule has 0 spiro atoms. The van der Waals surface area contributed by atoms with E-state index in [9.17, 15) is 4.79 Å². The van der Waals surface area contributed by atoms with Crippen molar-refractivity contribution in [2.45, 2.75) is 50.5 Å². The second-order valence-corrected chi connectivity index (χ2v) is 11.5. The number of halogens is 1. The summed E-state index contributed by atoms with van der Waals surface area (Å²) in [4.78, 5) is 15.9. The van der Waals surface area contributed by atoms with Gasteiger partial charge in [-0.1, -0.05) is 36.4 Å². The molecule has 4 heteroatoms. The Hall–Kier alpha value is -3.66. The first-order valence-corrected chi connectivity index (χ1v) is 13.9. The zero-order valence-electron chi connectivity index (χ0n) is 22.1. The molecule has 0 N–H and O–H groups in total. The smallest absolute Gasteiger partial charge is 0.254 e. The van der Waals surface area contributed by atoms with Crippen molar-refractivity contribution in [2.24, 2.45) is 13.0 Å². The third kappa shape index (κ3) is 3.73. The number of aromatic nitrogens is 1. The molecule has 3 nitrogen and oxygen atoms in total. The second-order valence-electron chi connectivity index (χ2n) is 11.5. The predicted molar refractivity (Wildman–Crippen MR) is 151 cm³/mol. The van der Waals surface area contributed by atoms with Gasteiger partial charge in [0.1, 0.15) is 5.82 Å². The summed E-state index contributed by atoms with van der Waals surface area (Å²) in [6.45, 7) is 6.74. The van der Waals surface area contributed by atoms with E-state index in [1.165, 1.54) is 16.7 Å². The highest BCUT2D eigenvalue weighted by Gasteiger charge is 2.36. The lowest BCUT2D eigenvalue weighted by molar-refractivity contribution is 0.0677. The first-order chi connectivity index (χ1) is 18.4. The van der Waals surface area contributed by atoms with Crippen LogP contribution in [0.4, 0.5) is 4.39 Å². The van der Waals surface area contributed by atoms with Crippen LogP contribution in [0.25, 0.3) is 22.2 Å². The topological polar surface area (TPSA) is 25.2 Å². The molecule has 1 amide bonds. The maximum Gasteiger partial charge on any atom is 0.254 e. The van der Waals surface area contributed by atoms with Gasteiger partial charge >= 0.3 is 0 Å². The summed E-state index contributed by atoms with van der Waals surface area (Å²) < 4.78 is 17.5. The summed E-state index contributed by atoms with van der Waals surface area (Å²) in [5.41, 5.74) is 8.04. The minimum absolute atomic E-state index is 0.0382. The lowest BCUT2D eigenvalue weighted by Crippen LogP contribution is -2.38. The number of hydrogen-bond acceptors (Lipinski definition) is 1. The van der Waals surface area contributed by atoms with Crippen LogP contribution < -0.4 is 0 Å². The average molecular weight is 505 g/mol. The van der Waals surface area contributed by atoms with Gasteiger partial charge in [0.05, 0.1) is 11.7 Å². The Bertz CT molecular complexity index is 1610. The zero-order chi connectivity index (χ0) is 26.1. The van der Waals surface area contributed by atoms with Crippen LogP contribution in [-0.4, -0.2) is 21.9 Å². The summed E-state index contributed by atoms with van der Waals surface area (Å²) in [7, 11) is 1.99. The molecule has 2 fully saturated rings. The molecule has 2 saturated carbocycles. The van der Waals surface area contributed by atoms with Crippen LogP contribution in [0, 0.1) is 11.7 Å². The van der Waals surface area contributed by atoms with E-state index in [1.807, 2.05) is 30.2 Å². The average Bonchev–Trinajstić information content (AvgIpc) is 3.86. The summed E-state index contributed by atoms with van der Waals surface area (Å²) in [5, 5.41) is 1.14. The van der Waals surface area contributed by atoms with Crippen molar-refractivity contribution in [2.75, 3.05) is 6.54 Å². The van der Waals surface area contributed by atoms with Crippen molar-refractivity contribution in [3.05, 3.63) is 107 Å². The van der Waals surface area contributed by atoms with E-state index in [2.05, 4.69) is 60.5 Å². The van der Waals surface area contributed by atoms with Gasteiger partial charge in [-0.3, -0.25) is 4.79 Å². The Morgan fingerprint density at radius 2 is 1.87 bits per heavy atom. The largest absolute Gasteiger partial charge is 0.344 e. The van der Waals surface area contributed by atoms with Gasteiger partial charge in [-0.05, 0) is 103 Å². The van der Waals surface area contributed by atoms with Crippen molar-refractivity contribution in [3.63, 3.8) is 0 Å². The quantitative estimate of drug-likeness (QED) is 0.254. The standard InChI is InChI=1S/C34H33FN2O/c1-4-21-15-28(21)24-11-12-27(31(35)17-24)33-19-30-29(23-9-10-23)16-25(18-32(30)36(33)3)34(38)37-14-13-22-7-5-6-8-26(22)20(37)2/h4-8,11-12,16-21,23,28H,1,9-10,13-15H2,2-3H3/t20-,21?,28+/m1/s1. The Morgan fingerprint density at radius 3 is 2.61 bits per heavy atom. The number of rotatable bonds is 5. The van der Waals surface area contributed by atoms with Gasteiger partial charge in [0.2, 0.25) is 0 Å². The maximum atomic E-state index is 15.4. The van der Waals surface area contributed by atoms with Gasteiger partial charge in [0, 0.05) is 35.6 Å². The highest BCUT2D eigenvalue weighted by Crippen LogP contribution is 2.49. The Kier molecular flexibility index (Phi) is 5.36. The molecule has 4 aromatic rings. The fraction of sp³-hybridized carbons (Fsp3) is 0.324. The Morgan fingerprint density at radius 1 is 1.05 bits per heavy atom. The highest BCUT2D eigenvalue weighted by molar-refractivity contribution is 6.01. The molecule has 3 aliphatic rings. The number of amides is 1. The van der Waals surface area contributed by atoms with E-state index in [0.717, 1.165) is 60.0 Å². The van der Waals surface area contributed by atoms with Crippen LogP contribution in [0.2, 0.25) is 0 Å². The van der Waals surface area contributed by atoms with Crippen LogP contribution in [0.1, 0.15) is 76.7 Å². The third-order valence-corrected chi connectivity index (χ3v) is 9.15. The van der Waals surface area contributed by atoms with Gasteiger partial charge in [0.25, 0.3) is 5.91 Å². The number of allylic oxidation sites excluding steroid dienone is 1. The molecule has 2 aliphatic carbocycles. The summed E-state index contributed by atoms with van der Waals surface area (Å²) in [5.74, 6) is 1.22. The second kappa shape index (κ2) is 8.69. The van der Waals surface area contributed by atoms with E-state index in [4.69, 9.17) is 0 Å². The van der Waals surface area contributed by atoms with E-state index < -0.39 is 0 Å². The van der Waals surface area contributed by atoms with E-state index in [0.29, 0.717) is 23.3 Å².